The van der Waals surface area contributed by atoms with Gasteiger partial charge < -0.3 is 4.74 Å². The van der Waals surface area contributed by atoms with E-state index < -0.39 is 16.8 Å². The lowest BCUT2D eigenvalue weighted by atomic mass is 9.60. The molecule has 0 N–H and O–H groups in total. The third-order valence-electron chi connectivity index (χ3n) is 5.30. The van der Waals surface area contributed by atoms with E-state index in [-0.39, 0.29) is 11.4 Å². The molecule has 0 saturated carbocycles. The highest BCUT2D eigenvalue weighted by Gasteiger charge is 2.57. The van der Waals surface area contributed by atoms with Gasteiger partial charge in [-0.2, -0.15) is 0 Å². The SMILES string of the molecule is COC(=O)C1=C[C@](C)(c2ccccc2)[C@@](C)(c2ccccc2)C1=O. The quantitative estimate of drug-likeness (QED) is 0.641. The molecule has 2 atom stereocenters. The monoisotopic (exact) mass is 320 g/mol. The van der Waals surface area contributed by atoms with Crippen molar-refractivity contribution in [3.63, 3.8) is 0 Å². The summed E-state index contributed by atoms with van der Waals surface area (Å²) in [7, 11) is 1.30. The second-order valence-corrected chi connectivity index (χ2v) is 6.44. The molecule has 0 saturated heterocycles. The Balaban J connectivity index is 2.27. The summed E-state index contributed by atoms with van der Waals surface area (Å²) in [5, 5.41) is 0. The molecule has 3 nitrogen and oxygen atoms in total. The number of carbonyl (C=O) groups excluding carboxylic acids is 2. The molecular formula is C21H20O3. The number of hydrogen-bond acceptors (Lipinski definition) is 3. The van der Waals surface area contributed by atoms with Gasteiger partial charge in [0, 0.05) is 5.41 Å². The van der Waals surface area contributed by atoms with Crippen LogP contribution in [0.1, 0.15) is 25.0 Å². The first-order chi connectivity index (χ1) is 11.4. The number of methoxy groups -OCH3 is 1. The minimum absolute atomic E-state index is 0.121. The van der Waals surface area contributed by atoms with Crippen LogP contribution in [-0.4, -0.2) is 18.9 Å². The Morgan fingerprint density at radius 2 is 1.38 bits per heavy atom. The van der Waals surface area contributed by atoms with E-state index in [2.05, 4.69) is 0 Å². The van der Waals surface area contributed by atoms with Crippen molar-refractivity contribution in [2.75, 3.05) is 7.11 Å². The molecule has 2 aromatic rings. The molecule has 0 radical (unpaired) electrons. The lowest BCUT2D eigenvalue weighted by Gasteiger charge is -2.40. The molecule has 0 spiro atoms. The van der Waals surface area contributed by atoms with Crippen LogP contribution in [0.4, 0.5) is 0 Å². The van der Waals surface area contributed by atoms with Gasteiger partial charge in [-0.25, -0.2) is 4.79 Å². The summed E-state index contributed by atoms with van der Waals surface area (Å²) in [6.45, 7) is 3.91. The second-order valence-electron chi connectivity index (χ2n) is 6.44. The topological polar surface area (TPSA) is 43.4 Å². The molecule has 3 rings (SSSR count). The Kier molecular flexibility index (Phi) is 3.88. The zero-order chi connectivity index (χ0) is 17.4. The van der Waals surface area contributed by atoms with Crippen molar-refractivity contribution in [3.8, 4) is 0 Å². The molecule has 0 bridgehead atoms. The van der Waals surface area contributed by atoms with E-state index in [0.29, 0.717) is 0 Å². The van der Waals surface area contributed by atoms with E-state index in [1.54, 1.807) is 6.08 Å². The van der Waals surface area contributed by atoms with Crippen molar-refractivity contribution in [2.45, 2.75) is 24.7 Å². The van der Waals surface area contributed by atoms with Crippen LogP contribution in [0, 0.1) is 0 Å². The van der Waals surface area contributed by atoms with Crippen molar-refractivity contribution < 1.29 is 14.3 Å². The average molecular weight is 320 g/mol. The molecule has 24 heavy (non-hydrogen) atoms. The van der Waals surface area contributed by atoms with Crippen LogP contribution in [0.3, 0.4) is 0 Å². The Morgan fingerprint density at radius 3 is 1.88 bits per heavy atom. The summed E-state index contributed by atoms with van der Waals surface area (Å²) in [4.78, 5) is 25.4. The molecule has 0 heterocycles. The van der Waals surface area contributed by atoms with Crippen molar-refractivity contribution in [1.82, 2.24) is 0 Å². The Hall–Kier alpha value is -2.68. The van der Waals surface area contributed by atoms with Crippen LogP contribution in [0.15, 0.2) is 72.3 Å². The second kappa shape index (κ2) is 5.75. The van der Waals surface area contributed by atoms with Crippen molar-refractivity contribution in [2.24, 2.45) is 0 Å². The molecule has 122 valence electrons. The molecule has 0 amide bonds. The fourth-order valence-electron chi connectivity index (χ4n) is 3.62. The van der Waals surface area contributed by atoms with Gasteiger partial charge in [-0.3, -0.25) is 4.79 Å². The standard InChI is InChI=1S/C21H20O3/c1-20(15-10-6-4-7-11-15)14-17(19(23)24-3)18(22)21(20,2)16-12-8-5-9-13-16/h4-14H,1-3H3/t20-,21+/m1/s1. The molecule has 1 aliphatic carbocycles. The summed E-state index contributed by atoms with van der Waals surface area (Å²) in [6, 6.07) is 19.4. The third-order valence-corrected chi connectivity index (χ3v) is 5.30. The highest BCUT2D eigenvalue weighted by atomic mass is 16.5. The number of carbonyl (C=O) groups is 2. The first kappa shape index (κ1) is 16.2. The van der Waals surface area contributed by atoms with Gasteiger partial charge in [0.2, 0.25) is 0 Å². The fourth-order valence-corrected chi connectivity index (χ4v) is 3.62. The van der Waals surface area contributed by atoms with E-state index >= 15 is 0 Å². The Labute approximate surface area is 142 Å². The van der Waals surface area contributed by atoms with Gasteiger partial charge in [-0.05, 0) is 18.1 Å². The molecule has 2 aromatic carbocycles. The number of benzene rings is 2. The minimum atomic E-state index is -0.876. The average Bonchev–Trinajstić information content (AvgIpc) is 2.85. The van der Waals surface area contributed by atoms with Gasteiger partial charge in [0.05, 0.1) is 12.5 Å². The Morgan fingerprint density at radius 1 is 0.875 bits per heavy atom. The first-order valence-corrected chi connectivity index (χ1v) is 7.92. The predicted octanol–water partition coefficient (Wildman–Crippen LogP) is 3.58. The van der Waals surface area contributed by atoms with E-state index in [1.165, 1.54) is 7.11 Å². The van der Waals surface area contributed by atoms with Crippen molar-refractivity contribution in [1.29, 1.82) is 0 Å². The van der Waals surface area contributed by atoms with Gasteiger partial charge in [0.25, 0.3) is 0 Å². The molecule has 0 aliphatic heterocycles. The molecular weight excluding hydrogens is 300 g/mol. The van der Waals surface area contributed by atoms with Crippen LogP contribution < -0.4 is 0 Å². The number of hydrogen-bond donors (Lipinski definition) is 0. The van der Waals surface area contributed by atoms with Crippen LogP contribution in [0.2, 0.25) is 0 Å². The number of esters is 1. The van der Waals surface area contributed by atoms with Crippen LogP contribution in [-0.2, 0) is 25.2 Å². The van der Waals surface area contributed by atoms with E-state index in [0.717, 1.165) is 11.1 Å². The van der Waals surface area contributed by atoms with Crippen LogP contribution in [0.5, 0.6) is 0 Å². The van der Waals surface area contributed by atoms with E-state index in [4.69, 9.17) is 4.74 Å². The van der Waals surface area contributed by atoms with Gasteiger partial charge >= 0.3 is 5.97 Å². The zero-order valence-corrected chi connectivity index (χ0v) is 14.1. The maximum absolute atomic E-state index is 13.2. The van der Waals surface area contributed by atoms with Crippen molar-refractivity contribution in [3.05, 3.63) is 83.4 Å². The summed E-state index contributed by atoms with van der Waals surface area (Å²) >= 11 is 0. The highest BCUT2D eigenvalue weighted by Crippen LogP contribution is 2.52. The van der Waals surface area contributed by atoms with Gasteiger partial charge in [0.1, 0.15) is 5.57 Å². The highest BCUT2D eigenvalue weighted by molar-refractivity contribution is 6.24. The summed E-state index contributed by atoms with van der Waals surface area (Å²) in [5.74, 6) is -0.784. The smallest absolute Gasteiger partial charge is 0.341 e. The lowest BCUT2D eigenvalue weighted by Crippen LogP contribution is -2.46. The minimum Gasteiger partial charge on any atom is -0.465 e. The first-order valence-electron chi connectivity index (χ1n) is 7.92. The van der Waals surface area contributed by atoms with E-state index in [1.807, 2.05) is 74.5 Å². The fraction of sp³-hybridized carbons (Fsp3) is 0.238. The number of Topliss-reactive ketones (excluding diaryl/α,β-unsaturated/α-hetero) is 1. The number of ether oxygens (including phenoxy) is 1. The van der Waals surface area contributed by atoms with Crippen LogP contribution in [0.25, 0.3) is 0 Å². The maximum Gasteiger partial charge on any atom is 0.341 e. The maximum atomic E-state index is 13.2. The largest absolute Gasteiger partial charge is 0.465 e. The summed E-state index contributed by atoms with van der Waals surface area (Å²) in [5.41, 5.74) is 0.477. The molecule has 0 unspecified atom stereocenters. The molecule has 0 fully saturated rings. The van der Waals surface area contributed by atoms with E-state index in [9.17, 15) is 9.59 Å². The summed E-state index contributed by atoms with van der Waals surface area (Å²) < 4.78 is 4.83. The van der Waals surface area contributed by atoms with Crippen molar-refractivity contribution >= 4 is 11.8 Å². The predicted molar refractivity (Wildman–Crippen MR) is 92.7 cm³/mol. The number of ketones is 1. The normalized spacial score (nSPS) is 26.1. The van der Waals surface area contributed by atoms with Gasteiger partial charge in [-0.15, -0.1) is 0 Å². The summed E-state index contributed by atoms with van der Waals surface area (Å²) in [6.07, 6.45) is 1.77. The number of rotatable bonds is 3. The molecule has 1 aliphatic rings. The van der Waals surface area contributed by atoms with Gasteiger partial charge in [0.15, 0.2) is 5.78 Å². The Bertz CT molecular complexity index is 807. The van der Waals surface area contributed by atoms with Gasteiger partial charge in [-0.1, -0.05) is 73.7 Å². The van der Waals surface area contributed by atoms with Crippen LogP contribution >= 0.6 is 0 Å². The third kappa shape index (κ3) is 2.12. The number of allylic oxidation sites excluding steroid dienone is 1. The lowest BCUT2D eigenvalue weighted by molar-refractivity contribution is -0.138. The molecule has 0 aromatic heterocycles. The molecule has 3 heteroatoms. The zero-order valence-electron chi connectivity index (χ0n) is 14.1.